The fraction of sp³-hybridized carbons (Fsp3) is 0.167. The van der Waals surface area contributed by atoms with Gasteiger partial charge in [-0.1, -0.05) is 24.3 Å². The Kier molecular flexibility index (Phi) is 4.36. The number of hydrogen-bond acceptors (Lipinski definition) is 3. The third-order valence-corrected chi connectivity index (χ3v) is 5.01. The van der Waals surface area contributed by atoms with E-state index in [2.05, 4.69) is 10.3 Å². The average Bonchev–Trinajstić information content (AvgIpc) is 2.97. The summed E-state index contributed by atoms with van der Waals surface area (Å²) in [7, 11) is -3.72. The van der Waals surface area contributed by atoms with Crippen LogP contribution in [0.5, 0.6) is 0 Å². The van der Waals surface area contributed by atoms with E-state index in [4.69, 9.17) is 5.14 Å². The minimum absolute atomic E-state index is 0.0424. The van der Waals surface area contributed by atoms with Gasteiger partial charge < -0.3 is 10.3 Å². The molecule has 0 bridgehead atoms. The minimum atomic E-state index is -3.72. The number of amides is 1. The smallest absolute Gasteiger partial charge is 0.268 e. The van der Waals surface area contributed by atoms with Gasteiger partial charge in [0.15, 0.2) is 0 Å². The molecule has 4 N–H and O–H groups in total. The number of primary sulfonamides is 1. The van der Waals surface area contributed by atoms with E-state index in [0.717, 1.165) is 22.0 Å². The number of fused-ring (bicyclic) bond motifs is 1. The van der Waals surface area contributed by atoms with E-state index in [0.29, 0.717) is 5.69 Å². The summed E-state index contributed by atoms with van der Waals surface area (Å²) in [4.78, 5) is 15.6. The van der Waals surface area contributed by atoms with Crippen LogP contribution in [0.15, 0.2) is 53.4 Å². The van der Waals surface area contributed by atoms with Gasteiger partial charge in [-0.2, -0.15) is 0 Å². The molecule has 1 aromatic heterocycles. The zero-order valence-electron chi connectivity index (χ0n) is 13.9. The van der Waals surface area contributed by atoms with E-state index in [1.54, 1.807) is 18.2 Å². The van der Waals surface area contributed by atoms with Crippen LogP contribution in [0.2, 0.25) is 0 Å². The molecule has 2 aromatic carbocycles. The highest BCUT2D eigenvalue weighted by atomic mass is 32.2. The SMILES string of the molecule is Cc1ccc2cc(C(=O)NC(C)c3ccc(S(N)(=O)=O)cc3)[nH]c2c1. The van der Waals surface area contributed by atoms with Crippen LogP contribution < -0.4 is 10.5 Å². The molecule has 3 aromatic rings. The lowest BCUT2D eigenvalue weighted by Crippen LogP contribution is -2.27. The number of aromatic amines is 1. The molecule has 0 fully saturated rings. The fourth-order valence-electron chi connectivity index (χ4n) is 2.67. The Hall–Kier alpha value is -2.64. The van der Waals surface area contributed by atoms with Gasteiger partial charge in [0.25, 0.3) is 5.91 Å². The Bertz CT molecular complexity index is 1040. The van der Waals surface area contributed by atoms with E-state index in [9.17, 15) is 13.2 Å². The molecular weight excluding hydrogens is 338 g/mol. The second-order valence-corrected chi connectivity index (χ2v) is 7.64. The maximum absolute atomic E-state index is 12.5. The van der Waals surface area contributed by atoms with Gasteiger partial charge >= 0.3 is 0 Å². The van der Waals surface area contributed by atoms with Crippen LogP contribution in [0.3, 0.4) is 0 Å². The molecule has 1 heterocycles. The Morgan fingerprint density at radius 3 is 2.44 bits per heavy atom. The standard InChI is InChI=1S/C18H19N3O3S/c1-11-3-4-14-10-17(21-16(14)9-11)18(22)20-12(2)13-5-7-15(8-6-13)25(19,23)24/h3-10,12,21H,1-2H3,(H,20,22)(H2,19,23,24). The molecular formula is C18H19N3O3S. The maximum Gasteiger partial charge on any atom is 0.268 e. The highest BCUT2D eigenvalue weighted by Crippen LogP contribution is 2.19. The Morgan fingerprint density at radius 1 is 1.12 bits per heavy atom. The van der Waals surface area contributed by atoms with Crippen molar-refractivity contribution in [1.29, 1.82) is 0 Å². The van der Waals surface area contributed by atoms with Crippen molar-refractivity contribution in [3.8, 4) is 0 Å². The lowest BCUT2D eigenvalue weighted by Gasteiger charge is -2.14. The summed E-state index contributed by atoms with van der Waals surface area (Å²) in [6.07, 6.45) is 0. The van der Waals surface area contributed by atoms with Crippen LogP contribution in [0.25, 0.3) is 10.9 Å². The first-order valence-electron chi connectivity index (χ1n) is 7.77. The van der Waals surface area contributed by atoms with Crippen LogP contribution in [0.1, 0.15) is 34.6 Å². The number of aryl methyl sites for hydroxylation is 1. The van der Waals surface area contributed by atoms with Gasteiger partial charge in [-0.25, -0.2) is 13.6 Å². The topological polar surface area (TPSA) is 105 Å². The predicted molar refractivity (Wildman–Crippen MR) is 96.7 cm³/mol. The minimum Gasteiger partial charge on any atom is -0.351 e. The zero-order chi connectivity index (χ0) is 18.2. The second kappa shape index (κ2) is 6.34. The summed E-state index contributed by atoms with van der Waals surface area (Å²) in [5, 5.41) is 8.95. The van der Waals surface area contributed by atoms with Crippen LogP contribution in [-0.4, -0.2) is 19.3 Å². The predicted octanol–water partition coefficient (Wildman–Crippen LogP) is 2.61. The van der Waals surface area contributed by atoms with Gasteiger partial charge in [-0.3, -0.25) is 4.79 Å². The average molecular weight is 357 g/mol. The molecule has 0 aliphatic rings. The van der Waals surface area contributed by atoms with Crippen molar-refractivity contribution >= 4 is 26.8 Å². The molecule has 0 radical (unpaired) electrons. The Labute approximate surface area is 146 Å². The fourth-order valence-corrected chi connectivity index (χ4v) is 3.18. The summed E-state index contributed by atoms with van der Waals surface area (Å²) in [6.45, 7) is 3.82. The van der Waals surface area contributed by atoms with E-state index in [-0.39, 0.29) is 16.8 Å². The van der Waals surface area contributed by atoms with Crippen molar-refractivity contribution < 1.29 is 13.2 Å². The maximum atomic E-state index is 12.5. The van der Waals surface area contributed by atoms with Gasteiger partial charge in [-0.15, -0.1) is 0 Å². The summed E-state index contributed by atoms with van der Waals surface area (Å²) < 4.78 is 22.6. The summed E-state index contributed by atoms with van der Waals surface area (Å²) >= 11 is 0. The highest BCUT2D eigenvalue weighted by molar-refractivity contribution is 7.89. The van der Waals surface area contributed by atoms with E-state index >= 15 is 0 Å². The van der Waals surface area contributed by atoms with Crippen LogP contribution in [0.4, 0.5) is 0 Å². The van der Waals surface area contributed by atoms with E-state index in [1.807, 2.05) is 32.0 Å². The molecule has 3 rings (SSSR count). The molecule has 7 heteroatoms. The largest absolute Gasteiger partial charge is 0.351 e. The normalized spacial score (nSPS) is 12.9. The molecule has 25 heavy (non-hydrogen) atoms. The number of sulfonamides is 1. The molecule has 0 saturated heterocycles. The van der Waals surface area contributed by atoms with E-state index in [1.165, 1.54) is 12.1 Å². The first kappa shape index (κ1) is 17.2. The molecule has 6 nitrogen and oxygen atoms in total. The van der Waals surface area contributed by atoms with Gasteiger partial charge in [-0.05, 0) is 49.2 Å². The lowest BCUT2D eigenvalue weighted by atomic mass is 10.1. The van der Waals surface area contributed by atoms with Gasteiger partial charge in [0, 0.05) is 10.9 Å². The van der Waals surface area contributed by atoms with Crippen LogP contribution >= 0.6 is 0 Å². The lowest BCUT2D eigenvalue weighted by molar-refractivity contribution is 0.0935. The molecule has 130 valence electrons. The van der Waals surface area contributed by atoms with Crippen LogP contribution in [0, 0.1) is 6.92 Å². The number of aromatic nitrogens is 1. The number of carbonyl (C=O) groups excluding carboxylic acids is 1. The van der Waals surface area contributed by atoms with Gasteiger partial charge in [0.2, 0.25) is 10.0 Å². The second-order valence-electron chi connectivity index (χ2n) is 6.08. The van der Waals surface area contributed by atoms with Crippen molar-refractivity contribution in [3.63, 3.8) is 0 Å². The third kappa shape index (κ3) is 3.72. The number of benzene rings is 2. The number of nitrogens with two attached hydrogens (primary N) is 1. The molecule has 0 spiro atoms. The molecule has 0 aliphatic heterocycles. The number of carbonyl (C=O) groups is 1. The van der Waals surface area contributed by atoms with Crippen molar-refractivity contribution in [2.24, 2.45) is 5.14 Å². The Morgan fingerprint density at radius 2 is 1.80 bits per heavy atom. The van der Waals surface area contributed by atoms with Crippen molar-refractivity contribution in [1.82, 2.24) is 10.3 Å². The van der Waals surface area contributed by atoms with Crippen molar-refractivity contribution in [2.75, 3.05) is 0 Å². The monoisotopic (exact) mass is 357 g/mol. The number of H-pyrrole nitrogens is 1. The third-order valence-electron chi connectivity index (χ3n) is 4.08. The molecule has 0 saturated carbocycles. The summed E-state index contributed by atoms with van der Waals surface area (Å²) in [5.74, 6) is -0.225. The number of hydrogen-bond donors (Lipinski definition) is 3. The zero-order valence-corrected chi connectivity index (χ0v) is 14.7. The first-order chi connectivity index (χ1) is 11.7. The van der Waals surface area contributed by atoms with Gasteiger partial charge in [0.1, 0.15) is 5.69 Å². The molecule has 0 aliphatic carbocycles. The van der Waals surface area contributed by atoms with Gasteiger partial charge in [0.05, 0.1) is 10.9 Å². The summed E-state index contributed by atoms with van der Waals surface area (Å²) in [6, 6.07) is 13.6. The molecule has 1 unspecified atom stereocenters. The van der Waals surface area contributed by atoms with E-state index < -0.39 is 10.0 Å². The van der Waals surface area contributed by atoms with Crippen molar-refractivity contribution in [3.05, 3.63) is 65.4 Å². The number of nitrogens with one attached hydrogen (secondary N) is 2. The Balaban J connectivity index is 1.77. The van der Waals surface area contributed by atoms with Crippen LogP contribution in [-0.2, 0) is 10.0 Å². The quantitative estimate of drug-likeness (QED) is 0.668. The molecule has 1 amide bonds. The summed E-state index contributed by atoms with van der Waals surface area (Å²) in [5.41, 5.74) is 3.29. The highest BCUT2D eigenvalue weighted by Gasteiger charge is 2.15. The number of rotatable bonds is 4. The van der Waals surface area contributed by atoms with Crippen molar-refractivity contribution in [2.45, 2.75) is 24.8 Å². The first-order valence-corrected chi connectivity index (χ1v) is 9.32. The molecule has 1 atom stereocenters.